The minimum atomic E-state index is -0.230. The number of rotatable bonds is 8. The van der Waals surface area contributed by atoms with E-state index in [1.54, 1.807) is 13.8 Å². The summed E-state index contributed by atoms with van der Waals surface area (Å²) in [6, 6.07) is 16.1. The summed E-state index contributed by atoms with van der Waals surface area (Å²) in [5.41, 5.74) is 3.35. The molecule has 0 amide bonds. The second kappa shape index (κ2) is 10.8. The summed E-state index contributed by atoms with van der Waals surface area (Å²) in [5, 5.41) is 0. The van der Waals surface area contributed by atoms with Crippen molar-refractivity contribution >= 4 is 21.9 Å². The Bertz CT molecular complexity index is 783. The first-order chi connectivity index (χ1) is 13.0. The van der Waals surface area contributed by atoms with E-state index >= 15 is 0 Å². The molecule has 2 aromatic rings. The number of carbonyl (C=O) groups excluding carboxylic acids is 1. The molecule has 0 fully saturated rings. The first-order valence-electron chi connectivity index (χ1n) is 9.07. The summed E-state index contributed by atoms with van der Waals surface area (Å²) in [5.74, 6) is 6.37. The van der Waals surface area contributed by atoms with Crippen LogP contribution in [0.1, 0.15) is 54.6 Å². The van der Waals surface area contributed by atoms with Crippen molar-refractivity contribution in [3.05, 3.63) is 65.2 Å². The Morgan fingerprint density at radius 3 is 2.26 bits per heavy atom. The summed E-state index contributed by atoms with van der Waals surface area (Å²) in [6.07, 6.45) is 0.257. The Labute approximate surface area is 170 Å². The fourth-order valence-corrected chi connectivity index (χ4v) is 2.96. The lowest BCUT2D eigenvalue weighted by atomic mass is 9.96. The van der Waals surface area contributed by atoms with Gasteiger partial charge in [0, 0.05) is 4.83 Å². The molecule has 2 rings (SSSR count). The lowest BCUT2D eigenvalue weighted by Crippen LogP contribution is -2.09. The van der Waals surface area contributed by atoms with Gasteiger partial charge in [0.2, 0.25) is 0 Å². The van der Waals surface area contributed by atoms with E-state index in [2.05, 4.69) is 59.0 Å². The van der Waals surface area contributed by atoms with Crippen molar-refractivity contribution in [1.29, 1.82) is 0 Å². The predicted molar refractivity (Wildman–Crippen MR) is 112 cm³/mol. The van der Waals surface area contributed by atoms with Crippen molar-refractivity contribution in [2.75, 3.05) is 6.61 Å². The third kappa shape index (κ3) is 6.77. The van der Waals surface area contributed by atoms with E-state index in [0.29, 0.717) is 18.0 Å². The zero-order valence-corrected chi connectivity index (χ0v) is 17.6. The molecule has 2 unspecified atom stereocenters. The minimum Gasteiger partial charge on any atom is -0.489 e. The van der Waals surface area contributed by atoms with E-state index in [9.17, 15) is 4.79 Å². The third-order valence-electron chi connectivity index (χ3n) is 4.12. The van der Waals surface area contributed by atoms with Gasteiger partial charge in [0.1, 0.15) is 12.4 Å². The second-order valence-corrected chi connectivity index (χ2v) is 7.54. The number of benzene rings is 2. The van der Waals surface area contributed by atoms with Crippen LogP contribution in [0, 0.1) is 11.8 Å². The SMILES string of the molecule is CC#CC(CC(=O)OCC)c1ccc(OCc2ccc(C(C)Br)cc2)cc1. The van der Waals surface area contributed by atoms with E-state index in [-0.39, 0.29) is 18.3 Å². The third-order valence-corrected chi connectivity index (χ3v) is 4.65. The normalized spacial score (nSPS) is 12.4. The van der Waals surface area contributed by atoms with E-state index < -0.39 is 0 Å². The fourth-order valence-electron chi connectivity index (χ4n) is 2.66. The highest BCUT2D eigenvalue weighted by atomic mass is 79.9. The lowest BCUT2D eigenvalue weighted by molar-refractivity contribution is -0.143. The average Bonchev–Trinajstić information content (AvgIpc) is 2.67. The van der Waals surface area contributed by atoms with Crippen molar-refractivity contribution < 1.29 is 14.3 Å². The van der Waals surface area contributed by atoms with Gasteiger partial charge < -0.3 is 9.47 Å². The van der Waals surface area contributed by atoms with E-state index in [1.807, 2.05) is 24.3 Å². The van der Waals surface area contributed by atoms with Crippen molar-refractivity contribution in [2.45, 2.75) is 44.5 Å². The summed E-state index contributed by atoms with van der Waals surface area (Å²) in [6.45, 7) is 6.58. The van der Waals surface area contributed by atoms with Gasteiger partial charge in [-0.25, -0.2) is 0 Å². The second-order valence-electron chi connectivity index (χ2n) is 6.17. The number of esters is 1. The molecule has 0 heterocycles. The molecule has 0 aliphatic heterocycles. The van der Waals surface area contributed by atoms with Gasteiger partial charge in [0.15, 0.2) is 0 Å². The molecule has 0 aliphatic carbocycles. The minimum absolute atomic E-state index is 0.165. The number of ether oxygens (including phenoxy) is 2. The van der Waals surface area contributed by atoms with Gasteiger partial charge in [-0.15, -0.1) is 5.92 Å². The molecular formula is C23H25BrO3. The Kier molecular flexibility index (Phi) is 8.42. The maximum atomic E-state index is 11.8. The highest BCUT2D eigenvalue weighted by molar-refractivity contribution is 9.09. The molecule has 2 atom stereocenters. The number of hydrogen-bond acceptors (Lipinski definition) is 3. The highest BCUT2D eigenvalue weighted by Crippen LogP contribution is 2.24. The van der Waals surface area contributed by atoms with E-state index in [0.717, 1.165) is 16.9 Å². The van der Waals surface area contributed by atoms with Gasteiger partial charge in [-0.1, -0.05) is 58.2 Å². The van der Waals surface area contributed by atoms with Crippen LogP contribution in [0.2, 0.25) is 0 Å². The Balaban J connectivity index is 1.98. The molecule has 0 spiro atoms. The maximum absolute atomic E-state index is 11.8. The fraction of sp³-hybridized carbons (Fsp3) is 0.348. The highest BCUT2D eigenvalue weighted by Gasteiger charge is 2.15. The Morgan fingerprint density at radius 2 is 1.70 bits per heavy atom. The molecule has 0 radical (unpaired) electrons. The van der Waals surface area contributed by atoms with Crippen LogP contribution in [0.3, 0.4) is 0 Å². The first kappa shape index (κ1) is 21.1. The van der Waals surface area contributed by atoms with Crippen LogP contribution in [0.25, 0.3) is 0 Å². The molecule has 0 aromatic heterocycles. The monoisotopic (exact) mass is 428 g/mol. The Morgan fingerprint density at radius 1 is 1.07 bits per heavy atom. The average molecular weight is 429 g/mol. The summed E-state index contributed by atoms with van der Waals surface area (Å²) >= 11 is 3.57. The van der Waals surface area contributed by atoms with Crippen LogP contribution in [-0.4, -0.2) is 12.6 Å². The number of alkyl halides is 1. The van der Waals surface area contributed by atoms with Gasteiger partial charge in [-0.3, -0.25) is 4.79 Å². The van der Waals surface area contributed by atoms with Crippen LogP contribution in [0.4, 0.5) is 0 Å². The van der Waals surface area contributed by atoms with Gasteiger partial charge in [-0.05, 0) is 49.6 Å². The van der Waals surface area contributed by atoms with Crippen molar-refractivity contribution in [3.63, 3.8) is 0 Å². The standard InChI is InChI=1S/C23H25BrO3/c1-4-6-21(15-23(25)26-5-2)20-11-13-22(14-12-20)27-16-18-7-9-19(10-8-18)17(3)24/h7-14,17,21H,5,15-16H2,1-3H3. The van der Waals surface area contributed by atoms with Crippen molar-refractivity contribution in [1.82, 2.24) is 0 Å². The van der Waals surface area contributed by atoms with E-state index in [4.69, 9.17) is 9.47 Å². The summed E-state index contributed by atoms with van der Waals surface area (Å²) in [7, 11) is 0. The zero-order valence-electron chi connectivity index (χ0n) is 16.0. The molecule has 142 valence electrons. The molecular weight excluding hydrogens is 404 g/mol. The maximum Gasteiger partial charge on any atom is 0.307 e. The van der Waals surface area contributed by atoms with Gasteiger partial charge in [0.05, 0.1) is 18.9 Å². The number of hydrogen-bond donors (Lipinski definition) is 0. The van der Waals surface area contributed by atoms with Crippen molar-refractivity contribution in [3.8, 4) is 17.6 Å². The van der Waals surface area contributed by atoms with Crippen LogP contribution in [0.5, 0.6) is 5.75 Å². The molecule has 3 nitrogen and oxygen atoms in total. The predicted octanol–water partition coefficient (Wildman–Crippen LogP) is 5.78. The molecule has 27 heavy (non-hydrogen) atoms. The number of halogens is 1. The molecule has 0 saturated heterocycles. The van der Waals surface area contributed by atoms with E-state index in [1.165, 1.54) is 5.56 Å². The summed E-state index contributed by atoms with van der Waals surface area (Å²) in [4.78, 5) is 12.1. The van der Waals surface area contributed by atoms with Gasteiger partial charge in [-0.2, -0.15) is 0 Å². The zero-order chi connectivity index (χ0) is 19.6. The topological polar surface area (TPSA) is 35.5 Å². The van der Waals surface area contributed by atoms with Gasteiger partial charge in [0.25, 0.3) is 0 Å². The smallest absolute Gasteiger partial charge is 0.307 e. The molecule has 4 heteroatoms. The molecule has 0 aliphatic rings. The van der Waals surface area contributed by atoms with Gasteiger partial charge >= 0.3 is 5.97 Å². The molecule has 0 bridgehead atoms. The quantitative estimate of drug-likeness (QED) is 0.303. The number of carbonyl (C=O) groups is 1. The van der Waals surface area contributed by atoms with Crippen LogP contribution >= 0.6 is 15.9 Å². The lowest BCUT2D eigenvalue weighted by Gasteiger charge is -2.12. The molecule has 0 N–H and O–H groups in total. The molecule has 0 saturated carbocycles. The van der Waals surface area contributed by atoms with Crippen LogP contribution in [0.15, 0.2) is 48.5 Å². The molecule has 2 aromatic carbocycles. The first-order valence-corrected chi connectivity index (χ1v) is 9.98. The van der Waals surface area contributed by atoms with Crippen molar-refractivity contribution in [2.24, 2.45) is 0 Å². The van der Waals surface area contributed by atoms with Crippen LogP contribution < -0.4 is 4.74 Å². The van der Waals surface area contributed by atoms with Crippen LogP contribution in [-0.2, 0) is 16.1 Å². The summed E-state index contributed by atoms with van der Waals surface area (Å²) < 4.78 is 10.9. The largest absolute Gasteiger partial charge is 0.489 e. The Hall–Kier alpha value is -2.25.